The Labute approximate surface area is 149 Å². The van der Waals surface area contributed by atoms with E-state index in [-0.39, 0.29) is 30.9 Å². The zero-order valence-electron chi connectivity index (χ0n) is 14.1. The van der Waals surface area contributed by atoms with Crippen molar-refractivity contribution in [1.82, 2.24) is 4.90 Å². The van der Waals surface area contributed by atoms with Crippen LogP contribution in [0.4, 0.5) is 5.69 Å². The van der Waals surface area contributed by atoms with Crippen LogP contribution in [0.3, 0.4) is 0 Å². The fourth-order valence-corrected chi connectivity index (χ4v) is 3.55. The standard InChI is InChI=1S/C19H18N2O5/c22-16-14(15(17(16)23)20-10-11-4-3-9-26-11)7-8-21-18(24)12-5-1-2-6-13(12)19(21)25/h1-2,5-6,11,20H,3-4,7-10H2. The predicted molar refractivity (Wildman–Crippen MR) is 94.3 cm³/mol. The van der Waals surface area contributed by atoms with E-state index in [9.17, 15) is 19.2 Å². The van der Waals surface area contributed by atoms with Crippen molar-refractivity contribution in [2.24, 2.45) is 0 Å². The third-order valence-electron chi connectivity index (χ3n) is 5.00. The molecular formula is C19H18N2O5. The molecular weight excluding hydrogens is 336 g/mol. The largest absolute Gasteiger partial charge is 0.379 e. The van der Waals surface area contributed by atoms with Crippen LogP contribution >= 0.6 is 0 Å². The average molecular weight is 354 g/mol. The number of carbonyl (C=O) groups excluding carboxylic acids is 2. The van der Waals surface area contributed by atoms with E-state index in [2.05, 4.69) is 5.32 Å². The van der Waals surface area contributed by atoms with Crippen LogP contribution in [0.5, 0.6) is 0 Å². The first-order valence-corrected chi connectivity index (χ1v) is 8.71. The highest BCUT2D eigenvalue weighted by molar-refractivity contribution is 6.21. The minimum absolute atomic E-state index is 0.0449. The van der Waals surface area contributed by atoms with E-state index in [1.165, 1.54) is 0 Å². The van der Waals surface area contributed by atoms with Gasteiger partial charge in [0.2, 0.25) is 10.9 Å². The summed E-state index contributed by atoms with van der Waals surface area (Å²) in [5.74, 6) is -0.726. The van der Waals surface area contributed by atoms with Gasteiger partial charge in [0.25, 0.3) is 11.8 Å². The molecule has 4 rings (SSSR count). The molecule has 1 atom stereocenters. The number of benzene rings is 1. The monoisotopic (exact) mass is 354 g/mol. The fourth-order valence-electron chi connectivity index (χ4n) is 3.55. The minimum Gasteiger partial charge on any atom is -0.379 e. The summed E-state index contributed by atoms with van der Waals surface area (Å²) < 4.78 is 5.50. The highest BCUT2D eigenvalue weighted by Crippen LogP contribution is 2.23. The van der Waals surface area contributed by atoms with Crippen LogP contribution in [-0.2, 0) is 11.2 Å². The SMILES string of the molecule is O=C1c2ccccc2C(=O)N1CCc1c(NCC2CCCO2)c(=O)c1=O. The molecule has 2 heterocycles. The molecule has 134 valence electrons. The maximum Gasteiger partial charge on any atom is 0.261 e. The Kier molecular flexibility index (Phi) is 4.16. The number of imide groups is 1. The molecule has 1 fully saturated rings. The Morgan fingerprint density at radius 3 is 2.35 bits per heavy atom. The third-order valence-corrected chi connectivity index (χ3v) is 5.00. The Bertz CT molecular complexity index is 916. The Morgan fingerprint density at radius 1 is 1.04 bits per heavy atom. The van der Waals surface area contributed by atoms with Crippen molar-refractivity contribution in [2.75, 3.05) is 25.0 Å². The molecule has 2 aromatic rings. The molecule has 1 unspecified atom stereocenters. The number of amides is 2. The van der Waals surface area contributed by atoms with Crippen molar-refractivity contribution >= 4 is 17.5 Å². The van der Waals surface area contributed by atoms with E-state index >= 15 is 0 Å². The first-order valence-electron chi connectivity index (χ1n) is 8.71. The lowest BCUT2D eigenvalue weighted by atomic mass is 10.0. The minimum atomic E-state index is -0.545. The molecule has 2 amide bonds. The second kappa shape index (κ2) is 6.49. The van der Waals surface area contributed by atoms with Crippen LogP contribution in [0.2, 0.25) is 0 Å². The van der Waals surface area contributed by atoms with Gasteiger partial charge >= 0.3 is 0 Å². The van der Waals surface area contributed by atoms with Crippen LogP contribution < -0.4 is 16.2 Å². The molecule has 0 spiro atoms. The lowest BCUT2D eigenvalue weighted by Crippen LogP contribution is -2.42. The molecule has 0 bridgehead atoms. The maximum atomic E-state index is 12.4. The van der Waals surface area contributed by atoms with Crippen molar-refractivity contribution in [2.45, 2.75) is 25.4 Å². The van der Waals surface area contributed by atoms with Gasteiger partial charge in [0, 0.05) is 25.3 Å². The van der Waals surface area contributed by atoms with Crippen molar-refractivity contribution in [3.05, 3.63) is 61.4 Å². The molecule has 0 aliphatic carbocycles. The molecule has 7 heteroatoms. The number of hydrogen-bond acceptors (Lipinski definition) is 6. The van der Waals surface area contributed by atoms with Crippen LogP contribution in [0.15, 0.2) is 33.9 Å². The number of fused-ring (bicyclic) bond motifs is 1. The number of ether oxygens (including phenoxy) is 1. The molecule has 0 radical (unpaired) electrons. The second-order valence-electron chi connectivity index (χ2n) is 6.59. The Hall–Kier alpha value is -2.80. The summed E-state index contributed by atoms with van der Waals surface area (Å²) in [6, 6.07) is 6.64. The van der Waals surface area contributed by atoms with E-state index in [1.807, 2.05) is 0 Å². The summed E-state index contributed by atoms with van der Waals surface area (Å²) in [4.78, 5) is 49.6. The zero-order valence-corrected chi connectivity index (χ0v) is 14.1. The van der Waals surface area contributed by atoms with Crippen molar-refractivity contribution in [3.63, 3.8) is 0 Å². The number of anilines is 1. The second-order valence-corrected chi connectivity index (χ2v) is 6.59. The van der Waals surface area contributed by atoms with Gasteiger partial charge in [-0.3, -0.25) is 24.1 Å². The number of nitrogens with one attached hydrogen (secondary N) is 1. The van der Waals surface area contributed by atoms with E-state index in [0.717, 1.165) is 17.7 Å². The van der Waals surface area contributed by atoms with Crippen molar-refractivity contribution < 1.29 is 14.3 Å². The topological polar surface area (TPSA) is 92.8 Å². The molecule has 0 aromatic heterocycles. The lowest BCUT2D eigenvalue weighted by Gasteiger charge is -2.18. The first kappa shape index (κ1) is 16.7. The third kappa shape index (κ3) is 2.64. The number of rotatable bonds is 6. The number of nitrogens with zero attached hydrogens (tertiary/aromatic N) is 1. The van der Waals surface area contributed by atoms with Crippen LogP contribution in [0.1, 0.15) is 39.1 Å². The highest BCUT2D eigenvalue weighted by Gasteiger charge is 2.35. The van der Waals surface area contributed by atoms with E-state index < -0.39 is 10.9 Å². The highest BCUT2D eigenvalue weighted by atomic mass is 16.5. The maximum absolute atomic E-state index is 12.4. The zero-order chi connectivity index (χ0) is 18.3. The molecule has 2 aromatic carbocycles. The molecule has 26 heavy (non-hydrogen) atoms. The van der Waals surface area contributed by atoms with Crippen LogP contribution in [0.25, 0.3) is 0 Å². The first-order chi connectivity index (χ1) is 12.6. The summed E-state index contributed by atoms with van der Waals surface area (Å²) in [6.45, 7) is 1.27. The quantitative estimate of drug-likeness (QED) is 0.607. The van der Waals surface area contributed by atoms with Crippen LogP contribution in [0, 0.1) is 0 Å². The average Bonchev–Trinajstić information content (AvgIpc) is 3.26. The van der Waals surface area contributed by atoms with Gasteiger partial charge in [-0.1, -0.05) is 12.1 Å². The van der Waals surface area contributed by atoms with E-state index in [1.54, 1.807) is 24.3 Å². The number of carbonyl (C=O) groups is 2. The summed E-state index contributed by atoms with van der Waals surface area (Å²) in [5, 5.41) is 3.00. The van der Waals surface area contributed by atoms with Gasteiger partial charge in [0.1, 0.15) is 0 Å². The van der Waals surface area contributed by atoms with Gasteiger partial charge < -0.3 is 10.1 Å². The van der Waals surface area contributed by atoms with Crippen molar-refractivity contribution in [1.29, 1.82) is 0 Å². The smallest absolute Gasteiger partial charge is 0.261 e. The Balaban J connectivity index is 1.43. The summed E-state index contributed by atoms with van der Waals surface area (Å²) in [5.41, 5.74) is 0.307. The molecule has 7 nitrogen and oxygen atoms in total. The van der Waals surface area contributed by atoms with Gasteiger partial charge in [0.05, 0.1) is 22.9 Å². The summed E-state index contributed by atoms with van der Waals surface area (Å²) in [6.07, 6.45) is 2.13. The van der Waals surface area contributed by atoms with Crippen LogP contribution in [-0.4, -0.2) is 42.5 Å². The molecule has 0 saturated carbocycles. The number of hydrogen-bond donors (Lipinski definition) is 1. The normalized spacial score (nSPS) is 19.4. The van der Waals surface area contributed by atoms with Gasteiger partial charge in [-0.25, -0.2) is 0 Å². The van der Waals surface area contributed by atoms with E-state index in [0.29, 0.717) is 35.5 Å². The van der Waals surface area contributed by atoms with E-state index in [4.69, 9.17) is 4.74 Å². The molecule has 2 aliphatic heterocycles. The van der Waals surface area contributed by atoms with Gasteiger partial charge in [-0.15, -0.1) is 0 Å². The molecule has 1 N–H and O–H groups in total. The van der Waals surface area contributed by atoms with Crippen molar-refractivity contribution in [3.8, 4) is 0 Å². The summed E-state index contributed by atoms with van der Waals surface area (Å²) >= 11 is 0. The van der Waals surface area contributed by atoms with Gasteiger partial charge in [-0.05, 0) is 31.4 Å². The van der Waals surface area contributed by atoms with Gasteiger partial charge in [-0.2, -0.15) is 0 Å². The lowest BCUT2D eigenvalue weighted by molar-refractivity contribution is 0.0656. The Morgan fingerprint density at radius 2 is 1.73 bits per heavy atom. The van der Waals surface area contributed by atoms with Gasteiger partial charge in [0.15, 0.2) is 0 Å². The molecule has 1 saturated heterocycles. The summed E-state index contributed by atoms with van der Waals surface area (Å²) in [7, 11) is 0. The fraction of sp³-hybridized carbons (Fsp3) is 0.368. The predicted octanol–water partition coefficient (Wildman–Crippen LogP) is 0.712. The molecule has 2 aliphatic rings.